The fraction of sp³-hybridized carbons (Fsp3) is 0.133. The van der Waals surface area contributed by atoms with Crippen molar-refractivity contribution in [2.75, 3.05) is 16.9 Å². The Balaban J connectivity index is 1.99. The molecule has 0 aliphatic heterocycles. The highest BCUT2D eigenvalue weighted by Crippen LogP contribution is 2.29. The molecule has 0 radical (unpaired) electrons. The first-order valence-corrected chi connectivity index (χ1v) is 7.91. The summed E-state index contributed by atoms with van der Waals surface area (Å²) in [6, 6.07) is 12.4. The molecule has 0 amide bonds. The molecule has 0 aliphatic rings. The highest BCUT2D eigenvalue weighted by Gasteiger charge is 2.29. The zero-order valence-electron chi connectivity index (χ0n) is 11.6. The Labute approximate surface area is 136 Å². The van der Waals surface area contributed by atoms with Gasteiger partial charge >= 0.3 is 6.18 Å². The van der Waals surface area contributed by atoms with Gasteiger partial charge in [0.1, 0.15) is 0 Å². The van der Waals surface area contributed by atoms with Crippen molar-refractivity contribution >= 4 is 40.5 Å². The topological polar surface area (TPSA) is 24.1 Å². The molecular formula is C15H13F3N2S2. The number of thiocarbonyl (C=S) groups is 1. The van der Waals surface area contributed by atoms with Crippen molar-refractivity contribution in [1.29, 1.82) is 0 Å². The molecule has 22 heavy (non-hydrogen) atoms. The van der Waals surface area contributed by atoms with Gasteiger partial charge in [0.05, 0.1) is 5.56 Å². The zero-order chi connectivity index (χ0) is 16.2. The first-order chi connectivity index (χ1) is 10.4. The van der Waals surface area contributed by atoms with Crippen LogP contribution in [-0.2, 0) is 6.18 Å². The first-order valence-electron chi connectivity index (χ1n) is 6.28. The van der Waals surface area contributed by atoms with Crippen molar-refractivity contribution in [2.45, 2.75) is 11.1 Å². The molecule has 0 fully saturated rings. The fourth-order valence-electron chi connectivity index (χ4n) is 1.74. The monoisotopic (exact) mass is 342 g/mol. The maximum absolute atomic E-state index is 12.5. The lowest BCUT2D eigenvalue weighted by atomic mass is 10.2. The summed E-state index contributed by atoms with van der Waals surface area (Å²) in [6.07, 6.45) is -2.37. The summed E-state index contributed by atoms with van der Waals surface area (Å²) in [6.45, 7) is 0. The van der Waals surface area contributed by atoms with Crippen LogP contribution in [0.1, 0.15) is 5.56 Å². The number of halogens is 3. The maximum Gasteiger partial charge on any atom is 0.416 e. The quantitative estimate of drug-likeness (QED) is 0.589. The number of alkyl halides is 3. The molecule has 7 heteroatoms. The molecule has 2 aromatic rings. The predicted octanol–water partition coefficient (Wildman–Crippen LogP) is 5.24. The van der Waals surface area contributed by atoms with Crippen molar-refractivity contribution < 1.29 is 13.2 Å². The highest BCUT2D eigenvalue weighted by atomic mass is 32.2. The molecule has 0 spiro atoms. The summed E-state index contributed by atoms with van der Waals surface area (Å²) in [4.78, 5) is 1.09. The van der Waals surface area contributed by atoms with Crippen LogP contribution in [0.25, 0.3) is 0 Å². The molecule has 116 valence electrons. The fourth-order valence-corrected chi connectivity index (χ4v) is 2.43. The lowest BCUT2D eigenvalue weighted by Crippen LogP contribution is -2.19. The summed E-state index contributed by atoms with van der Waals surface area (Å²) in [5.41, 5.74) is 0.618. The van der Waals surface area contributed by atoms with Crippen LogP contribution in [0.4, 0.5) is 24.5 Å². The normalized spacial score (nSPS) is 11.1. The van der Waals surface area contributed by atoms with Crippen LogP contribution in [0.5, 0.6) is 0 Å². The van der Waals surface area contributed by atoms with Gasteiger partial charge in [0.2, 0.25) is 0 Å². The van der Waals surface area contributed by atoms with E-state index in [4.69, 9.17) is 12.2 Å². The third-order valence-electron chi connectivity index (χ3n) is 2.80. The molecule has 0 bridgehead atoms. The van der Waals surface area contributed by atoms with Crippen molar-refractivity contribution in [2.24, 2.45) is 0 Å². The van der Waals surface area contributed by atoms with E-state index in [0.29, 0.717) is 10.8 Å². The van der Waals surface area contributed by atoms with Crippen molar-refractivity contribution in [3.05, 3.63) is 54.1 Å². The molecule has 2 nitrogen and oxygen atoms in total. The number of hydrogen-bond donors (Lipinski definition) is 2. The van der Waals surface area contributed by atoms with E-state index in [0.717, 1.165) is 22.7 Å². The number of nitrogens with one attached hydrogen (secondary N) is 2. The van der Waals surface area contributed by atoms with Crippen LogP contribution in [0, 0.1) is 0 Å². The van der Waals surface area contributed by atoms with Gasteiger partial charge in [0.15, 0.2) is 5.11 Å². The van der Waals surface area contributed by atoms with Gasteiger partial charge in [-0.2, -0.15) is 13.2 Å². The van der Waals surface area contributed by atoms with Gasteiger partial charge in [-0.25, -0.2) is 0 Å². The van der Waals surface area contributed by atoms with Crippen LogP contribution < -0.4 is 10.6 Å². The third kappa shape index (κ3) is 4.64. The van der Waals surface area contributed by atoms with Gasteiger partial charge in [0.25, 0.3) is 0 Å². The Morgan fingerprint density at radius 3 is 2.23 bits per heavy atom. The second-order valence-corrected chi connectivity index (χ2v) is 5.67. The molecular weight excluding hydrogens is 329 g/mol. The molecule has 0 aromatic heterocycles. The summed E-state index contributed by atoms with van der Waals surface area (Å²) in [5.74, 6) is 0. The highest BCUT2D eigenvalue weighted by molar-refractivity contribution is 7.98. The summed E-state index contributed by atoms with van der Waals surface area (Å²) in [7, 11) is 0. The maximum atomic E-state index is 12.5. The number of benzene rings is 2. The minimum Gasteiger partial charge on any atom is -0.332 e. The van der Waals surface area contributed by atoms with E-state index in [1.807, 2.05) is 30.5 Å². The number of thioether (sulfide) groups is 1. The van der Waals surface area contributed by atoms with Crippen LogP contribution in [-0.4, -0.2) is 11.4 Å². The van der Waals surface area contributed by atoms with E-state index in [1.54, 1.807) is 11.8 Å². The van der Waals surface area contributed by atoms with Crippen molar-refractivity contribution in [3.8, 4) is 0 Å². The Morgan fingerprint density at radius 1 is 1.00 bits per heavy atom. The molecule has 0 heterocycles. The molecule has 0 unspecified atom stereocenters. The number of anilines is 2. The predicted molar refractivity (Wildman–Crippen MR) is 89.5 cm³/mol. The van der Waals surface area contributed by atoms with E-state index in [2.05, 4.69) is 10.6 Å². The Kier molecular flexibility index (Phi) is 5.31. The summed E-state index contributed by atoms with van der Waals surface area (Å²) < 4.78 is 37.4. The van der Waals surface area contributed by atoms with Gasteiger partial charge in [-0.15, -0.1) is 11.8 Å². The van der Waals surface area contributed by atoms with Crippen molar-refractivity contribution in [1.82, 2.24) is 0 Å². The SMILES string of the molecule is CSc1cccc(NC(=S)Nc2ccc(C(F)(F)F)cc2)c1. The second-order valence-electron chi connectivity index (χ2n) is 4.39. The average molecular weight is 342 g/mol. The number of rotatable bonds is 3. The first kappa shape index (κ1) is 16.6. The molecule has 2 rings (SSSR count). The lowest BCUT2D eigenvalue weighted by Gasteiger charge is -2.12. The molecule has 0 aliphatic carbocycles. The van der Waals surface area contributed by atoms with E-state index in [-0.39, 0.29) is 0 Å². The average Bonchev–Trinajstić information content (AvgIpc) is 2.47. The van der Waals surface area contributed by atoms with E-state index < -0.39 is 11.7 Å². The largest absolute Gasteiger partial charge is 0.416 e. The molecule has 0 saturated heterocycles. The Bertz CT molecular complexity index is 655. The Hall–Kier alpha value is -1.73. The zero-order valence-corrected chi connectivity index (χ0v) is 13.2. The summed E-state index contributed by atoms with van der Waals surface area (Å²) >= 11 is 6.76. The minimum absolute atomic E-state index is 0.318. The molecule has 0 saturated carbocycles. The van der Waals surface area contributed by atoms with Gasteiger partial charge in [-0.3, -0.25) is 0 Å². The van der Waals surface area contributed by atoms with Gasteiger partial charge in [-0.1, -0.05) is 6.07 Å². The Morgan fingerprint density at radius 2 is 1.64 bits per heavy atom. The van der Waals surface area contributed by atoms with Crippen LogP contribution >= 0.6 is 24.0 Å². The molecule has 0 atom stereocenters. The van der Waals surface area contributed by atoms with Crippen LogP contribution in [0.3, 0.4) is 0 Å². The van der Waals surface area contributed by atoms with Crippen LogP contribution in [0.15, 0.2) is 53.4 Å². The second kappa shape index (κ2) is 7.02. The smallest absolute Gasteiger partial charge is 0.332 e. The van der Waals surface area contributed by atoms with Crippen molar-refractivity contribution in [3.63, 3.8) is 0 Å². The minimum atomic E-state index is -4.34. The standard InChI is InChI=1S/C15H13F3N2S2/c1-22-13-4-2-3-12(9-13)20-14(21)19-11-7-5-10(6-8-11)15(16,17)18/h2-9H,1H3,(H2,19,20,21). The molecule has 2 N–H and O–H groups in total. The van der Waals surface area contributed by atoms with Crippen LogP contribution in [0.2, 0.25) is 0 Å². The number of hydrogen-bond acceptors (Lipinski definition) is 2. The van der Waals surface area contributed by atoms with E-state index >= 15 is 0 Å². The van der Waals surface area contributed by atoms with Gasteiger partial charge in [0, 0.05) is 16.3 Å². The summed E-state index contributed by atoms with van der Waals surface area (Å²) in [5, 5.41) is 6.17. The van der Waals surface area contributed by atoms with E-state index in [9.17, 15) is 13.2 Å². The van der Waals surface area contributed by atoms with Gasteiger partial charge in [-0.05, 0) is 60.9 Å². The lowest BCUT2D eigenvalue weighted by molar-refractivity contribution is -0.137. The van der Waals surface area contributed by atoms with Gasteiger partial charge < -0.3 is 10.6 Å². The molecule has 2 aromatic carbocycles. The third-order valence-corrected chi connectivity index (χ3v) is 3.73. The van der Waals surface area contributed by atoms with E-state index in [1.165, 1.54) is 12.1 Å².